The first-order valence-electron chi connectivity index (χ1n) is 4.90. The van der Waals surface area contributed by atoms with Gasteiger partial charge in [0.15, 0.2) is 0 Å². The average Bonchev–Trinajstić information content (AvgIpc) is 2.26. The van der Waals surface area contributed by atoms with E-state index in [1.165, 1.54) is 24.3 Å². The molecule has 0 radical (unpaired) electrons. The van der Waals surface area contributed by atoms with Crippen LogP contribution in [-0.4, -0.2) is 6.98 Å². The van der Waals surface area contributed by atoms with Crippen molar-refractivity contribution in [3.63, 3.8) is 0 Å². The van der Waals surface area contributed by atoms with Gasteiger partial charge in [-0.05, 0) is 16.8 Å². The van der Waals surface area contributed by atoms with Gasteiger partial charge in [-0.3, -0.25) is 0 Å². The Hall–Kier alpha value is 0.0513. The maximum absolute atomic E-state index is 12.8. The van der Waals surface area contributed by atoms with Gasteiger partial charge in [0, 0.05) is 5.56 Å². The second kappa shape index (κ2) is 6.00. The standard InChI is InChI=1S/C11H7BF5.K/c13-11(14)8-5-7-3-1-2-4-9(7)10(6-8)12(15,16)17;/h1-6,11H;/q-1;+1. The Balaban J connectivity index is 0.00000162. The van der Waals surface area contributed by atoms with Crippen molar-refractivity contribution in [2.75, 3.05) is 0 Å². The van der Waals surface area contributed by atoms with E-state index >= 15 is 0 Å². The van der Waals surface area contributed by atoms with Crippen molar-refractivity contribution in [3.8, 4) is 0 Å². The van der Waals surface area contributed by atoms with Crippen molar-refractivity contribution < 1.29 is 73.1 Å². The Morgan fingerprint density at radius 2 is 1.56 bits per heavy atom. The van der Waals surface area contributed by atoms with E-state index in [0.29, 0.717) is 6.07 Å². The first kappa shape index (κ1) is 16.1. The van der Waals surface area contributed by atoms with Gasteiger partial charge in [-0.15, -0.1) is 5.46 Å². The molecular weight excluding hydrogens is 277 g/mol. The molecule has 2 aromatic rings. The molecule has 18 heavy (non-hydrogen) atoms. The number of halogens is 5. The molecule has 90 valence electrons. The Labute approximate surface area is 143 Å². The zero-order valence-corrected chi connectivity index (χ0v) is 12.6. The van der Waals surface area contributed by atoms with Gasteiger partial charge in [0.1, 0.15) is 0 Å². The van der Waals surface area contributed by atoms with E-state index in [9.17, 15) is 21.7 Å². The van der Waals surface area contributed by atoms with E-state index in [2.05, 4.69) is 0 Å². The summed E-state index contributed by atoms with van der Waals surface area (Å²) in [4.78, 5) is 0. The number of hydrogen-bond acceptors (Lipinski definition) is 0. The van der Waals surface area contributed by atoms with Crippen molar-refractivity contribution >= 4 is 23.2 Å². The fourth-order valence-corrected chi connectivity index (χ4v) is 1.76. The molecule has 0 amide bonds. The second-order valence-corrected chi connectivity index (χ2v) is 3.71. The Bertz CT molecular complexity index is 553. The summed E-state index contributed by atoms with van der Waals surface area (Å²) in [5.74, 6) is 0. The van der Waals surface area contributed by atoms with Gasteiger partial charge in [-0.1, -0.05) is 30.3 Å². The van der Waals surface area contributed by atoms with Crippen molar-refractivity contribution in [2.24, 2.45) is 0 Å². The number of hydrogen-bond donors (Lipinski definition) is 0. The average molecular weight is 284 g/mol. The van der Waals surface area contributed by atoms with E-state index in [4.69, 9.17) is 0 Å². The molecule has 0 nitrogen and oxygen atoms in total. The topological polar surface area (TPSA) is 0 Å². The molecule has 0 saturated heterocycles. The monoisotopic (exact) mass is 284 g/mol. The van der Waals surface area contributed by atoms with Crippen LogP contribution in [-0.2, 0) is 0 Å². The second-order valence-electron chi connectivity index (χ2n) is 3.71. The molecule has 0 atom stereocenters. The van der Waals surface area contributed by atoms with E-state index in [0.717, 1.165) is 6.07 Å². The summed E-state index contributed by atoms with van der Waals surface area (Å²) < 4.78 is 63.3. The van der Waals surface area contributed by atoms with Crippen molar-refractivity contribution in [1.29, 1.82) is 0 Å². The fraction of sp³-hybridized carbons (Fsp3) is 0.0909. The summed E-state index contributed by atoms with van der Waals surface area (Å²) in [6.07, 6.45) is -2.91. The van der Waals surface area contributed by atoms with Gasteiger partial charge in [0.05, 0.1) is 0 Å². The minimum Gasteiger partial charge on any atom is -0.445 e. The first-order valence-corrected chi connectivity index (χ1v) is 4.90. The van der Waals surface area contributed by atoms with Crippen LogP contribution >= 0.6 is 0 Å². The minimum absolute atomic E-state index is 0. The number of rotatable bonds is 2. The van der Waals surface area contributed by atoms with Crippen LogP contribution in [0.2, 0.25) is 0 Å². The van der Waals surface area contributed by atoms with Crippen LogP contribution in [0.25, 0.3) is 10.8 Å². The maximum Gasteiger partial charge on any atom is 1.00 e. The van der Waals surface area contributed by atoms with Crippen LogP contribution < -0.4 is 56.8 Å². The normalized spacial score (nSPS) is 11.7. The molecule has 0 saturated carbocycles. The zero-order chi connectivity index (χ0) is 12.6. The van der Waals surface area contributed by atoms with E-state index in [1.54, 1.807) is 0 Å². The summed E-state index contributed by atoms with van der Waals surface area (Å²) in [5, 5.41) is 0.143. The number of alkyl halides is 2. The molecule has 0 aliphatic heterocycles. The van der Waals surface area contributed by atoms with Crippen molar-refractivity contribution in [1.82, 2.24) is 0 Å². The fourth-order valence-electron chi connectivity index (χ4n) is 1.76. The molecule has 2 rings (SSSR count). The summed E-state index contributed by atoms with van der Waals surface area (Å²) >= 11 is 0. The van der Waals surface area contributed by atoms with Crippen LogP contribution in [0, 0.1) is 0 Å². The van der Waals surface area contributed by atoms with Gasteiger partial charge < -0.3 is 12.9 Å². The van der Waals surface area contributed by atoms with Gasteiger partial charge >= 0.3 is 58.4 Å². The van der Waals surface area contributed by atoms with Crippen LogP contribution in [0.3, 0.4) is 0 Å². The molecule has 0 fully saturated rings. The smallest absolute Gasteiger partial charge is 0.445 e. The van der Waals surface area contributed by atoms with E-state index in [-0.39, 0.29) is 62.2 Å². The molecule has 0 aliphatic carbocycles. The minimum atomic E-state index is -5.30. The Kier molecular flexibility index (Phi) is 5.37. The van der Waals surface area contributed by atoms with Crippen LogP contribution in [0.15, 0.2) is 36.4 Å². The van der Waals surface area contributed by atoms with E-state index < -0.39 is 24.4 Å². The molecule has 0 aliphatic rings. The molecule has 0 spiro atoms. The largest absolute Gasteiger partial charge is 1.00 e. The molecule has 7 heteroatoms. The zero-order valence-electron chi connectivity index (χ0n) is 9.51. The first-order chi connectivity index (χ1) is 7.89. The van der Waals surface area contributed by atoms with Gasteiger partial charge in [0.2, 0.25) is 0 Å². The quantitative estimate of drug-likeness (QED) is 0.566. The van der Waals surface area contributed by atoms with Gasteiger partial charge in [-0.25, -0.2) is 8.78 Å². The summed E-state index contributed by atoms with van der Waals surface area (Å²) in [5.41, 5.74) is -1.56. The Morgan fingerprint density at radius 3 is 2.11 bits per heavy atom. The van der Waals surface area contributed by atoms with Crippen LogP contribution in [0.1, 0.15) is 12.0 Å². The molecule has 2 aromatic carbocycles. The third-order valence-corrected chi connectivity index (χ3v) is 2.52. The van der Waals surface area contributed by atoms with E-state index in [1.807, 2.05) is 0 Å². The van der Waals surface area contributed by atoms with Gasteiger partial charge in [-0.2, -0.15) is 0 Å². The van der Waals surface area contributed by atoms with Crippen molar-refractivity contribution in [2.45, 2.75) is 6.43 Å². The molecule has 0 N–H and O–H groups in total. The van der Waals surface area contributed by atoms with Crippen molar-refractivity contribution in [3.05, 3.63) is 42.0 Å². The predicted octanol–water partition coefficient (Wildman–Crippen LogP) is 0.836. The SMILES string of the molecule is FC(F)c1cc([B-](F)(F)F)c2ccccc2c1.[K+]. The summed E-state index contributed by atoms with van der Waals surface area (Å²) in [6, 6.07) is 7.28. The molecule has 0 aromatic heterocycles. The Morgan fingerprint density at radius 1 is 0.944 bits per heavy atom. The third kappa shape index (κ3) is 3.33. The van der Waals surface area contributed by atoms with Crippen LogP contribution in [0.5, 0.6) is 0 Å². The molecule has 0 unspecified atom stereocenters. The summed E-state index contributed by atoms with van der Waals surface area (Å²) in [6.45, 7) is -5.30. The molecule has 0 heterocycles. The van der Waals surface area contributed by atoms with Crippen LogP contribution in [0.4, 0.5) is 21.7 Å². The predicted molar refractivity (Wildman–Crippen MR) is 57.6 cm³/mol. The number of fused-ring (bicyclic) bond motifs is 1. The third-order valence-electron chi connectivity index (χ3n) is 2.52. The molecular formula is C11H7BF5K. The maximum atomic E-state index is 12.8. The molecule has 0 bridgehead atoms. The number of benzene rings is 2. The van der Waals surface area contributed by atoms with Gasteiger partial charge in [0.25, 0.3) is 6.43 Å². The summed E-state index contributed by atoms with van der Waals surface area (Å²) in [7, 11) is 0.